The third-order valence-corrected chi connectivity index (χ3v) is 3.79. The van der Waals surface area contributed by atoms with Crippen LogP contribution in [0.3, 0.4) is 0 Å². The van der Waals surface area contributed by atoms with E-state index in [-0.39, 0.29) is 0 Å². The lowest BCUT2D eigenvalue weighted by atomic mass is 10.3. The molecule has 0 atom stereocenters. The molecule has 21 heavy (non-hydrogen) atoms. The number of anilines is 3. The summed E-state index contributed by atoms with van der Waals surface area (Å²) in [5.74, 6) is 2.60. The van der Waals surface area contributed by atoms with Gasteiger partial charge in [0, 0.05) is 39.0 Å². The van der Waals surface area contributed by atoms with E-state index in [1.807, 2.05) is 10.7 Å². The van der Waals surface area contributed by atoms with E-state index >= 15 is 0 Å². The van der Waals surface area contributed by atoms with Crippen molar-refractivity contribution in [3.8, 4) is 0 Å². The third kappa shape index (κ3) is 3.26. The van der Waals surface area contributed by atoms with Crippen LogP contribution >= 0.6 is 22.6 Å². The minimum Gasteiger partial charge on any atom is -0.383 e. The fourth-order valence-corrected chi connectivity index (χ4v) is 2.87. The molecule has 0 saturated heterocycles. The van der Waals surface area contributed by atoms with Crippen LogP contribution in [0.2, 0.25) is 0 Å². The van der Waals surface area contributed by atoms with Gasteiger partial charge in [-0.1, -0.05) is 0 Å². The van der Waals surface area contributed by atoms with Crippen molar-refractivity contribution in [3.05, 3.63) is 22.0 Å². The largest absolute Gasteiger partial charge is 0.383 e. The second-order valence-corrected chi connectivity index (χ2v) is 5.82. The van der Waals surface area contributed by atoms with Gasteiger partial charge in [-0.3, -0.25) is 0 Å². The number of ether oxygens (including phenoxy) is 1. The highest BCUT2D eigenvalue weighted by atomic mass is 127. The average molecular weight is 400 g/mol. The van der Waals surface area contributed by atoms with Crippen LogP contribution in [0.25, 0.3) is 0 Å². The SMILES string of the molecule is COCCNc1nccc(N2CCCn3nc(I)cc32)n1. The number of rotatable bonds is 5. The predicted molar refractivity (Wildman–Crippen MR) is 89.0 cm³/mol. The van der Waals surface area contributed by atoms with Gasteiger partial charge in [-0.25, -0.2) is 9.67 Å². The lowest BCUT2D eigenvalue weighted by molar-refractivity contribution is 0.210. The highest BCUT2D eigenvalue weighted by Gasteiger charge is 2.21. The molecular formula is C13H17IN6O. The van der Waals surface area contributed by atoms with E-state index in [9.17, 15) is 0 Å². The summed E-state index contributed by atoms with van der Waals surface area (Å²) >= 11 is 2.24. The summed E-state index contributed by atoms with van der Waals surface area (Å²) in [6.07, 6.45) is 2.83. The minimum atomic E-state index is 0.621. The first-order valence-corrected chi connectivity index (χ1v) is 7.92. The van der Waals surface area contributed by atoms with Gasteiger partial charge < -0.3 is 15.0 Å². The van der Waals surface area contributed by atoms with Gasteiger partial charge in [0.25, 0.3) is 0 Å². The molecule has 0 radical (unpaired) electrons. The summed E-state index contributed by atoms with van der Waals surface area (Å²) in [6.45, 7) is 3.22. The molecule has 112 valence electrons. The molecule has 0 unspecified atom stereocenters. The Bertz CT molecular complexity index is 616. The molecule has 0 saturated carbocycles. The number of nitrogens with zero attached hydrogens (tertiary/aromatic N) is 5. The van der Waals surface area contributed by atoms with Gasteiger partial charge in [-0.05, 0) is 35.1 Å². The molecule has 1 aliphatic rings. The topological polar surface area (TPSA) is 68.1 Å². The van der Waals surface area contributed by atoms with Crippen LogP contribution in [0.4, 0.5) is 17.6 Å². The lowest BCUT2D eigenvalue weighted by Gasteiger charge is -2.28. The summed E-state index contributed by atoms with van der Waals surface area (Å²) in [5.41, 5.74) is 0. The zero-order valence-corrected chi connectivity index (χ0v) is 13.9. The van der Waals surface area contributed by atoms with E-state index in [0.717, 1.165) is 34.8 Å². The molecule has 0 fully saturated rings. The molecular weight excluding hydrogens is 383 g/mol. The molecule has 0 amide bonds. The fourth-order valence-electron chi connectivity index (χ4n) is 2.33. The predicted octanol–water partition coefficient (Wildman–Crippen LogP) is 1.88. The Morgan fingerprint density at radius 1 is 1.43 bits per heavy atom. The summed E-state index contributed by atoms with van der Waals surface area (Å²) in [6, 6.07) is 4.01. The molecule has 0 spiro atoms. The Balaban J connectivity index is 1.82. The van der Waals surface area contributed by atoms with E-state index in [2.05, 4.69) is 53.9 Å². The number of hydrogen-bond acceptors (Lipinski definition) is 6. The van der Waals surface area contributed by atoms with E-state index < -0.39 is 0 Å². The van der Waals surface area contributed by atoms with Crippen molar-refractivity contribution in [2.24, 2.45) is 0 Å². The number of halogens is 1. The second kappa shape index (κ2) is 6.56. The Kier molecular flexibility index (Phi) is 4.54. The smallest absolute Gasteiger partial charge is 0.224 e. The van der Waals surface area contributed by atoms with Gasteiger partial charge in [0.15, 0.2) is 0 Å². The number of aromatic nitrogens is 4. The van der Waals surface area contributed by atoms with Crippen LogP contribution in [0.1, 0.15) is 6.42 Å². The van der Waals surface area contributed by atoms with Gasteiger partial charge in [0.05, 0.1) is 6.61 Å². The van der Waals surface area contributed by atoms with E-state index in [0.29, 0.717) is 19.1 Å². The quantitative estimate of drug-likeness (QED) is 0.611. The van der Waals surface area contributed by atoms with Crippen LogP contribution in [-0.2, 0) is 11.3 Å². The van der Waals surface area contributed by atoms with E-state index in [4.69, 9.17) is 4.74 Å². The fraction of sp³-hybridized carbons (Fsp3) is 0.462. The van der Waals surface area contributed by atoms with Crippen molar-refractivity contribution in [1.29, 1.82) is 0 Å². The van der Waals surface area contributed by atoms with Crippen LogP contribution in [0.5, 0.6) is 0 Å². The molecule has 1 N–H and O–H groups in total. The minimum absolute atomic E-state index is 0.621. The zero-order chi connectivity index (χ0) is 14.7. The number of methoxy groups -OCH3 is 1. The average Bonchev–Trinajstić information content (AvgIpc) is 2.88. The van der Waals surface area contributed by atoms with Crippen LogP contribution in [0.15, 0.2) is 18.3 Å². The summed E-state index contributed by atoms with van der Waals surface area (Å²) in [5, 5.41) is 7.65. The van der Waals surface area contributed by atoms with Crippen molar-refractivity contribution in [2.45, 2.75) is 13.0 Å². The molecule has 0 aromatic carbocycles. The second-order valence-electron chi connectivity index (χ2n) is 4.71. The van der Waals surface area contributed by atoms with Gasteiger partial charge >= 0.3 is 0 Å². The van der Waals surface area contributed by atoms with Gasteiger partial charge in [0.2, 0.25) is 5.95 Å². The monoisotopic (exact) mass is 400 g/mol. The normalized spacial score (nSPS) is 14.1. The maximum absolute atomic E-state index is 5.02. The first-order chi connectivity index (χ1) is 10.3. The summed E-state index contributed by atoms with van der Waals surface area (Å²) < 4.78 is 8.05. The first-order valence-electron chi connectivity index (χ1n) is 6.84. The van der Waals surface area contributed by atoms with E-state index in [1.165, 1.54) is 0 Å². The molecule has 3 heterocycles. The Hall–Kier alpha value is -1.42. The highest BCUT2D eigenvalue weighted by Crippen LogP contribution is 2.29. The number of aryl methyl sites for hydroxylation is 1. The Morgan fingerprint density at radius 3 is 3.19 bits per heavy atom. The molecule has 0 bridgehead atoms. The highest BCUT2D eigenvalue weighted by molar-refractivity contribution is 14.1. The summed E-state index contributed by atoms with van der Waals surface area (Å²) in [7, 11) is 1.68. The third-order valence-electron chi connectivity index (χ3n) is 3.26. The van der Waals surface area contributed by atoms with Crippen molar-refractivity contribution < 1.29 is 4.74 Å². The van der Waals surface area contributed by atoms with Crippen molar-refractivity contribution in [1.82, 2.24) is 19.7 Å². The molecule has 0 aliphatic carbocycles. The molecule has 7 nitrogen and oxygen atoms in total. The van der Waals surface area contributed by atoms with Crippen LogP contribution < -0.4 is 10.2 Å². The molecule has 1 aliphatic heterocycles. The number of nitrogens with one attached hydrogen (secondary N) is 1. The van der Waals surface area contributed by atoms with E-state index in [1.54, 1.807) is 13.3 Å². The molecule has 2 aromatic heterocycles. The summed E-state index contributed by atoms with van der Waals surface area (Å²) in [4.78, 5) is 11.0. The molecule has 8 heteroatoms. The van der Waals surface area contributed by atoms with Crippen molar-refractivity contribution >= 4 is 40.2 Å². The maximum atomic E-state index is 5.02. The first kappa shape index (κ1) is 14.5. The molecule has 2 aromatic rings. The van der Waals surface area contributed by atoms with Gasteiger partial charge in [-0.15, -0.1) is 0 Å². The van der Waals surface area contributed by atoms with Gasteiger partial charge in [-0.2, -0.15) is 10.1 Å². The zero-order valence-electron chi connectivity index (χ0n) is 11.8. The number of hydrogen-bond donors (Lipinski definition) is 1. The van der Waals surface area contributed by atoms with Crippen molar-refractivity contribution in [2.75, 3.05) is 37.0 Å². The Morgan fingerprint density at radius 2 is 2.33 bits per heavy atom. The maximum Gasteiger partial charge on any atom is 0.224 e. The van der Waals surface area contributed by atoms with Crippen LogP contribution in [-0.4, -0.2) is 46.6 Å². The standard InChI is InChI=1S/C13H17IN6O/c1-21-8-5-16-13-15-4-3-11(17-13)19-6-2-7-20-12(19)9-10(14)18-20/h3-4,9H,2,5-8H2,1H3,(H,15,16,17). The molecule has 3 rings (SSSR count). The lowest BCUT2D eigenvalue weighted by Crippen LogP contribution is -2.29. The van der Waals surface area contributed by atoms with Gasteiger partial charge in [0.1, 0.15) is 15.3 Å². The van der Waals surface area contributed by atoms with Crippen LogP contribution in [0, 0.1) is 3.70 Å². The van der Waals surface area contributed by atoms with Crippen molar-refractivity contribution in [3.63, 3.8) is 0 Å². The Labute approximate surface area is 136 Å². The number of fused-ring (bicyclic) bond motifs is 1.